The lowest BCUT2D eigenvalue weighted by molar-refractivity contribution is -0.145. The Kier molecular flexibility index (Phi) is 4.41. The minimum Gasteiger partial charge on any atom is -0.358 e. The van der Waals surface area contributed by atoms with Crippen LogP contribution in [0.15, 0.2) is 43.4 Å². The molecule has 0 radical (unpaired) electrons. The molecule has 0 bridgehead atoms. The zero-order chi connectivity index (χ0) is 14.5. The molecule has 0 aromatic carbocycles. The van der Waals surface area contributed by atoms with Crippen molar-refractivity contribution in [3.8, 4) is 0 Å². The summed E-state index contributed by atoms with van der Waals surface area (Å²) in [4.78, 5) is 24.8. The molecule has 0 fully saturated rings. The van der Waals surface area contributed by atoms with E-state index in [2.05, 4.69) is 23.4 Å². The molecule has 1 aliphatic heterocycles. The van der Waals surface area contributed by atoms with Crippen molar-refractivity contribution in [1.82, 2.24) is 19.5 Å². The fourth-order valence-electron chi connectivity index (χ4n) is 1.93. The van der Waals surface area contributed by atoms with Crippen molar-refractivity contribution >= 4 is 5.97 Å². The summed E-state index contributed by atoms with van der Waals surface area (Å²) in [5.41, 5.74) is 6.84. The third kappa shape index (κ3) is 3.18. The molecule has 1 aliphatic rings. The molecule has 0 saturated heterocycles. The van der Waals surface area contributed by atoms with Crippen LogP contribution in [-0.2, 0) is 4.79 Å². The Balaban J connectivity index is 1.94. The van der Waals surface area contributed by atoms with Crippen LogP contribution in [0.25, 0.3) is 0 Å². The minimum atomic E-state index is -0.733. The maximum atomic E-state index is 11.9. The largest absolute Gasteiger partial charge is 0.358 e. The Morgan fingerprint density at radius 3 is 3.10 bits per heavy atom. The van der Waals surface area contributed by atoms with E-state index in [1.807, 2.05) is 11.1 Å². The first-order valence-electron chi connectivity index (χ1n) is 6.43. The molecule has 2 rings (SSSR count). The highest BCUT2D eigenvalue weighted by Gasteiger charge is 2.24. The Morgan fingerprint density at radius 2 is 2.50 bits per heavy atom. The second-order valence-corrected chi connectivity index (χ2v) is 4.46. The molecule has 7 heteroatoms. The Labute approximate surface area is 117 Å². The lowest BCUT2D eigenvalue weighted by atomic mass is 10.2. The zero-order valence-corrected chi connectivity index (χ0v) is 11.5. The van der Waals surface area contributed by atoms with Crippen LogP contribution in [0.4, 0.5) is 0 Å². The van der Waals surface area contributed by atoms with Gasteiger partial charge in [-0.05, 0) is 13.1 Å². The van der Waals surface area contributed by atoms with Crippen LogP contribution in [0, 0.1) is 0 Å². The van der Waals surface area contributed by atoms with E-state index < -0.39 is 12.0 Å². The maximum absolute atomic E-state index is 11.9. The minimum absolute atomic E-state index is 0.399. The van der Waals surface area contributed by atoms with Crippen molar-refractivity contribution < 1.29 is 9.63 Å². The normalized spacial score (nSPS) is 16.0. The van der Waals surface area contributed by atoms with Crippen molar-refractivity contribution in [2.75, 3.05) is 13.2 Å². The van der Waals surface area contributed by atoms with Crippen molar-refractivity contribution in [1.29, 1.82) is 0 Å². The summed E-state index contributed by atoms with van der Waals surface area (Å²) >= 11 is 0. The Bertz CT molecular complexity index is 497. The van der Waals surface area contributed by atoms with E-state index in [0.717, 1.165) is 18.9 Å². The van der Waals surface area contributed by atoms with Gasteiger partial charge in [-0.1, -0.05) is 6.58 Å². The van der Waals surface area contributed by atoms with E-state index >= 15 is 0 Å². The summed E-state index contributed by atoms with van der Waals surface area (Å²) in [6, 6.07) is -0.733. The van der Waals surface area contributed by atoms with Gasteiger partial charge in [-0.25, -0.2) is 9.78 Å². The second-order valence-electron chi connectivity index (χ2n) is 4.46. The lowest BCUT2D eigenvalue weighted by Crippen LogP contribution is -2.38. The van der Waals surface area contributed by atoms with Gasteiger partial charge in [0.2, 0.25) is 0 Å². The first kappa shape index (κ1) is 14.1. The first-order chi connectivity index (χ1) is 9.63. The summed E-state index contributed by atoms with van der Waals surface area (Å²) in [5.74, 6) is -0.497. The number of imidazole rings is 1. The monoisotopic (exact) mass is 277 g/mol. The van der Waals surface area contributed by atoms with Crippen LogP contribution >= 0.6 is 0 Å². The molecule has 1 aromatic rings. The van der Waals surface area contributed by atoms with Crippen molar-refractivity contribution in [2.45, 2.75) is 19.4 Å². The third-order valence-corrected chi connectivity index (χ3v) is 3.07. The molecule has 1 aromatic heterocycles. The summed E-state index contributed by atoms with van der Waals surface area (Å²) < 4.78 is 1.23. The van der Waals surface area contributed by atoms with Crippen LogP contribution in [-0.4, -0.2) is 44.7 Å². The molecule has 20 heavy (non-hydrogen) atoms. The Hall–Kier alpha value is -2.28. The van der Waals surface area contributed by atoms with Gasteiger partial charge in [0.15, 0.2) is 0 Å². The maximum Gasteiger partial charge on any atom is 0.349 e. The molecular formula is C13H19N5O2. The van der Waals surface area contributed by atoms with Crippen LogP contribution in [0.2, 0.25) is 0 Å². The zero-order valence-electron chi connectivity index (χ0n) is 11.5. The summed E-state index contributed by atoms with van der Waals surface area (Å²) in [5, 5.41) is 0. The van der Waals surface area contributed by atoms with E-state index in [1.165, 1.54) is 23.5 Å². The molecule has 0 unspecified atom stereocenters. The molecule has 0 saturated carbocycles. The molecule has 0 spiro atoms. The molecule has 2 N–H and O–H groups in total. The fourth-order valence-corrected chi connectivity index (χ4v) is 1.93. The molecule has 1 atom stereocenters. The van der Waals surface area contributed by atoms with Gasteiger partial charge >= 0.3 is 5.97 Å². The number of hydrogen-bond acceptors (Lipinski definition) is 6. The topological polar surface area (TPSA) is 76.6 Å². The number of carbonyl (C=O) groups excluding carboxylic acids is 1. The highest BCUT2D eigenvalue weighted by Crippen LogP contribution is 2.19. The number of hydrogen-bond donors (Lipinski definition) is 1. The lowest BCUT2D eigenvalue weighted by Gasteiger charge is -2.20. The molecule has 108 valence electrons. The molecule has 0 aliphatic carbocycles. The van der Waals surface area contributed by atoms with Crippen LogP contribution < -0.4 is 10.6 Å². The van der Waals surface area contributed by atoms with Gasteiger partial charge < -0.3 is 20.4 Å². The second kappa shape index (κ2) is 6.25. The average Bonchev–Trinajstić information content (AvgIpc) is 3.07. The average molecular weight is 277 g/mol. The van der Waals surface area contributed by atoms with Crippen LogP contribution in [0.5, 0.6) is 0 Å². The number of aromatic nitrogens is 2. The van der Waals surface area contributed by atoms with Gasteiger partial charge in [-0.15, -0.1) is 0 Å². The first-order valence-corrected chi connectivity index (χ1v) is 6.43. The number of nitrogens with zero attached hydrogens (tertiary/aromatic N) is 4. The standard InChI is InChI=1S/C13H19N5O2/c1-3-16-8-11(17(4-2)10-16)7-12(14)13(19)20-18-6-5-15-9-18/h4-6,8-9,12H,2-3,7,10,14H2,1H3/t12-/m0/s1. The van der Waals surface area contributed by atoms with E-state index in [0.29, 0.717) is 6.42 Å². The molecule has 2 heterocycles. The van der Waals surface area contributed by atoms with E-state index in [-0.39, 0.29) is 0 Å². The molecule has 0 amide bonds. The van der Waals surface area contributed by atoms with Gasteiger partial charge in [0, 0.05) is 31.1 Å². The van der Waals surface area contributed by atoms with Crippen molar-refractivity contribution in [2.24, 2.45) is 5.73 Å². The summed E-state index contributed by atoms with van der Waals surface area (Å²) in [6.07, 6.45) is 8.58. The Morgan fingerprint density at radius 1 is 1.70 bits per heavy atom. The van der Waals surface area contributed by atoms with Gasteiger partial charge in [-0.3, -0.25) is 0 Å². The highest BCUT2D eigenvalue weighted by molar-refractivity contribution is 5.76. The van der Waals surface area contributed by atoms with Gasteiger partial charge in [0.1, 0.15) is 12.4 Å². The van der Waals surface area contributed by atoms with E-state index in [4.69, 9.17) is 10.6 Å². The summed E-state index contributed by atoms with van der Waals surface area (Å²) in [7, 11) is 0. The highest BCUT2D eigenvalue weighted by atomic mass is 16.7. The summed E-state index contributed by atoms with van der Waals surface area (Å²) in [6.45, 7) is 7.45. The molecule has 7 nitrogen and oxygen atoms in total. The number of nitrogens with two attached hydrogens (primary N) is 1. The van der Waals surface area contributed by atoms with E-state index in [9.17, 15) is 4.79 Å². The van der Waals surface area contributed by atoms with Gasteiger partial charge in [0.25, 0.3) is 0 Å². The van der Waals surface area contributed by atoms with E-state index in [1.54, 1.807) is 6.20 Å². The predicted molar refractivity (Wildman–Crippen MR) is 73.8 cm³/mol. The van der Waals surface area contributed by atoms with Gasteiger partial charge in [-0.2, -0.15) is 4.73 Å². The fraction of sp³-hybridized carbons (Fsp3) is 0.385. The van der Waals surface area contributed by atoms with Crippen molar-refractivity contribution in [3.05, 3.63) is 43.4 Å². The van der Waals surface area contributed by atoms with Crippen molar-refractivity contribution in [3.63, 3.8) is 0 Å². The number of rotatable bonds is 6. The van der Waals surface area contributed by atoms with Crippen LogP contribution in [0.1, 0.15) is 13.3 Å². The quantitative estimate of drug-likeness (QED) is 0.797. The third-order valence-electron chi connectivity index (χ3n) is 3.07. The molecular weight excluding hydrogens is 258 g/mol. The smallest absolute Gasteiger partial charge is 0.349 e. The predicted octanol–water partition coefficient (Wildman–Crippen LogP) is 0.136. The van der Waals surface area contributed by atoms with Crippen LogP contribution in [0.3, 0.4) is 0 Å². The van der Waals surface area contributed by atoms with Gasteiger partial charge in [0.05, 0.1) is 12.9 Å². The number of carbonyl (C=O) groups is 1. The SMILES string of the molecule is C=CN1CN(CC)C=C1C[C@H](N)C(=O)On1ccnc1.